The van der Waals surface area contributed by atoms with Gasteiger partial charge in [-0.1, -0.05) is 41.6 Å². The molecule has 2 aromatic heterocycles. The minimum absolute atomic E-state index is 0.0645. The fourth-order valence-corrected chi connectivity index (χ4v) is 4.18. The Labute approximate surface area is 190 Å². The van der Waals surface area contributed by atoms with Crippen molar-refractivity contribution in [3.8, 4) is 17.1 Å². The normalized spacial score (nSPS) is 11.8. The quantitative estimate of drug-likeness (QED) is 0.353. The van der Waals surface area contributed by atoms with E-state index in [1.807, 2.05) is 61.5 Å². The zero-order valence-corrected chi connectivity index (χ0v) is 18.7. The molecule has 8 heteroatoms. The Bertz CT molecular complexity index is 1140. The maximum atomic E-state index is 12.6. The van der Waals surface area contributed by atoms with Crippen LogP contribution in [-0.2, 0) is 11.3 Å². The first-order valence-corrected chi connectivity index (χ1v) is 11.1. The Morgan fingerprint density at radius 2 is 1.94 bits per heavy atom. The fourth-order valence-electron chi connectivity index (χ4n) is 3.15. The highest BCUT2D eigenvalue weighted by molar-refractivity contribution is 7.99. The van der Waals surface area contributed by atoms with Gasteiger partial charge in [-0.15, -0.1) is 5.10 Å². The summed E-state index contributed by atoms with van der Waals surface area (Å²) in [7, 11) is 1.63. The van der Waals surface area contributed by atoms with Crippen LogP contribution >= 0.6 is 11.8 Å². The summed E-state index contributed by atoms with van der Waals surface area (Å²) in [6, 6.07) is 19.4. The molecule has 0 aliphatic heterocycles. The molecule has 0 radical (unpaired) electrons. The highest BCUT2D eigenvalue weighted by Crippen LogP contribution is 2.37. The summed E-state index contributed by atoms with van der Waals surface area (Å²) < 4.78 is 10.5. The van der Waals surface area contributed by atoms with Crippen LogP contribution in [0.1, 0.15) is 28.6 Å². The van der Waals surface area contributed by atoms with Gasteiger partial charge in [-0.25, -0.2) is 4.98 Å². The number of H-pyrrole nitrogens is 1. The van der Waals surface area contributed by atoms with Crippen LogP contribution in [0.2, 0.25) is 0 Å². The summed E-state index contributed by atoms with van der Waals surface area (Å²) in [6.45, 7) is 2.40. The number of aryl methyl sites for hydroxylation is 1. The van der Waals surface area contributed by atoms with Crippen molar-refractivity contribution in [3.63, 3.8) is 0 Å². The molecule has 0 aliphatic rings. The van der Waals surface area contributed by atoms with Crippen LogP contribution in [0, 0.1) is 6.92 Å². The SMILES string of the molecule is COc1ccc(-c2nc(S[C@H](CC(=O)NCc3ccco3)c3ccc(C)cc3)n[nH]2)cc1. The minimum Gasteiger partial charge on any atom is -0.497 e. The van der Waals surface area contributed by atoms with Crippen molar-refractivity contribution in [1.82, 2.24) is 20.5 Å². The Morgan fingerprint density at radius 1 is 1.16 bits per heavy atom. The molecule has 2 heterocycles. The average molecular weight is 449 g/mol. The van der Waals surface area contributed by atoms with Gasteiger partial charge in [-0.2, -0.15) is 0 Å². The molecule has 0 aliphatic carbocycles. The number of hydrogen-bond acceptors (Lipinski definition) is 6. The number of carbonyl (C=O) groups excluding carboxylic acids is 1. The summed E-state index contributed by atoms with van der Waals surface area (Å²) in [5.74, 6) is 2.10. The van der Waals surface area contributed by atoms with Crippen LogP contribution in [0.3, 0.4) is 0 Å². The number of benzene rings is 2. The highest BCUT2D eigenvalue weighted by Gasteiger charge is 2.20. The Morgan fingerprint density at radius 3 is 2.62 bits per heavy atom. The van der Waals surface area contributed by atoms with Crippen molar-refractivity contribution < 1.29 is 13.9 Å². The van der Waals surface area contributed by atoms with Gasteiger partial charge in [0.25, 0.3) is 0 Å². The molecule has 4 rings (SSSR count). The van der Waals surface area contributed by atoms with Gasteiger partial charge in [-0.3, -0.25) is 9.89 Å². The molecule has 0 saturated heterocycles. The zero-order valence-electron chi connectivity index (χ0n) is 17.9. The fraction of sp³-hybridized carbons (Fsp3) is 0.208. The van der Waals surface area contributed by atoms with Crippen molar-refractivity contribution in [2.75, 3.05) is 7.11 Å². The van der Waals surface area contributed by atoms with Gasteiger partial charge in [0.1, 0.15) is 11.5 Å². The van der Waals surface area contributed by atoms with Crippen molar-refractivity contribution >= 4 is 17.7 Å². The van der Waals surface area contributed by atoms with Crippen molar-refractivity contribution in [2.24, 2.45) is 0 Å². The molecule has 2 N–H and O–H groups in total. The van der Waals surface area contributed by atoms with Gasteiger partial charge < -0.3 is 14.5 Å². The summed E-state index contributed by atoms with van der Waals surface area (Å²) in [5.41, 5.74) is 3.12. The lowest BCUT2D eigenvalue weighted by Crippen LogP contribution is -2.23. The first-order chi connectivity index (χ1) is 15.6. The molecule has 164 valence electrons. The van der Waals surface area contributed by atoms with Gasteiger partial charge in [0, 0.05) is 17.2 Å². The van der Waals surface area contributed by atoms with Crippen LogP contribution in [-0.4, -0.2) is 28.2 Å². The number of furan rings is 1. The molecule has 0 fully saturated rings. The minimum atomic E-state index is -0.133. The predicted molar refractivity (Wildman–Crippen MR) is 123 cm³/mol. The Kier molecular flexibility index (Phi) is 6.91. The smallest absolute Gasteiger partial charge is 0.221 e. The molecule has 4 aromatic rings. The van der Waals surface area contributed by atoms with Gasteiger partial charge in [-0.05, 0) is 48.9 Å². The number of aromatic amines is 1. The molecular weight excluding hydrogens is 424 g/mol. The Balaban J connectivity index is 1.48. The lowest BCUT2D eigenvalue weighted by molar-refractivity contribution is -0.121. The molecule has 1 amide bonds. The van der Waals surface area contributed by atoms with Crippen molar-refractivity contribution in [1.29, 1.82) is 0 Å². The van der Waals surface area contributed by atoms with E-state index >= 15 is 0 Å². The molecule has 0 bridgehead atoms. The summed E-state index contributed by atoms with van der Waals surface area (Å²) in [5, 5.41) is 10.7. The van der Waals surface area contributed by atoms with Crippen LogP contribution in [0.25, 0.3) is 11.4 Å². The number of rotatable bonds is 9. The second-order valence-electron chi connectivity index (χ2n) is 7.27. The van der Waals surface area contributed by atoms with Gasteiger partial charge in [0.05, 0.1) is 19.9 Å². The van der Waals surface area contributed by atoms with E-state index in [9.17, 15) is 4.79 Å². The molecular formula is C24H24N4O3S. The summed E-state index contributed by atoms with van der Waals surface area (Å²) in [4.78, 5) is 17.3. The van der Waals surface area contributed by atoms with E-state index in [1.165, 1.54) is 17.3 Å². The first-order valence-electron chi connectivity index (χ1n) is 10.2. The number of thioether (sulfide) groups is 1. The molecule has 32 heavy (non-hydrogen) atoms. The maximum Gasteiger partial charge on any atom is 0.221 e. The zero-order chi connectivity index (χ0) is 22.3. The van der Waals surface area contributed by atoms with E-state index in [0.717, 1.165) is 22.6 Å². The first kappa shape index (κ1) is 21.7. The van der Waals surface area contributed by atoms with Crippen LogP contribution in [0.5, 0.6) is 5.75 Å². The summed E-state index contributed by atoms with van der Waals surface area (Å²) >= 11 is 1.46. The summed E-state index contributed by atoms with van der Waals surface area (Å²) in [6.07, 6.45) is 1.89. The number of hydrogen-bond donors (Lipinski definition) is 2. The van der Waals surface area contributed by atoms with E-state index in [-0.39, 0.29) is 11.2 Å². The number of nitrogens with one attached hydrogen (secondary N) is 2. The van der Waals surface area contributed by atoms with E-state index in [4.69, 9.17) is 9.15 Å². The van der Waals surface area contributed by atoms with Gasteiger partial charge in [0.15, 0.2) is 5.82 Å². The molecule has 7 nitrogen and oxygen atoms in total. The standard InChI is InChI=1S/C24H24N4O3S/c1-16-5-7-17(8-6-16)21(14-22(29)25-15-20-4-3-13-31-20)32-24-26-23(27-28-24)18-9-11-19(30-2)12-10-18/h3-13,21H,14-15H2,1-2H3,(H,25,29)(H,26,27,28)/t21-/m1/s1. The molecule has 0 unspecified atom stereocenters. The van der Waals surface area contributed by atoms with Crippen LogP contribution in [0.4, 0.5) is 0 Å². The largest absolute Gasteiger partial charge is 0.497 e. The number of carbonyl (C=O) groups is 1. The molecule has 1 atom stereocenters. The average Bonchev–Trinajstić information content (AvgIpc) is 3.50. The second kappa shape index (κ2) is 10.2. The second-order valence-corrected chi connectivity index (χ2v) is 8.44. The van der Waals surface area contributed by atoms with Crippen LogP contribution < -0.4 is 10.1 Å². The molecule has 0 saturated carbocycles. The van der Waals surface area contributed by atoms with Gasteiger partial charge in [0.2, 0.25) is 11.1 Å². The maximum absolute atomic E-state index is 12.6. The molecule has 0 spiro atoms. The van der Waals surface area contributed by atoms with E-state index in [0.29, 0.717) is 23.9 Å². The van der Waals surface area contributed by atoms with E-state index in [2.05, 4.69) is 20.5 Å². The van der Waals surface area contributed by atoms with E-state index in [1.54, 1.807) is 19.4 Å². The Hall–Kier alpha value is -3.52. The predicted octanol–water partition coefficient (Wildman–Crippen LogP) is 4.92. The van der Waals surface area contributed by atoms with Gasteiger partial charge >= 0.3 is 0 Å². The topological polar surface area (TPSA) is 93.0 Å². The third kappa shape index (κ3) is 5.59. The number of aromatic nitrogens is 3. The van der Waals surface area contributed by atoms with Crippen LogP contribution in [0.15, 0.2) is 76.5 Å². The lowest BCUT2D eigenvalue weighted by atomic mass is 10.1. The van der Waals surface area contributed by atoms with E-state index < -0.39 is 0 Å². The third-order valence-corrected chi connectivity index (χ3v) is 6.05. The van der Waals surface area contributed by atoms with Crippen molar-refractivity contribution in [3.05, 3.63) is 83.8 Å². The number of nitrogens with zero attached hydrogens (tertiary/aromatic N) is 2. The highest BCUT2D eigenvalue weighted by atomic mass is 32.2. The number of ether oxygens (including phenoxy) is 1. The number of amides is 1. The third-order valence-electron chi connectivity index (χ3n) is 4.94. The number of methoxy groups -OCH3 is 1. The van der Waals surface area contributed by atoms with Crippen molar-refractivity contribution in [2.45, 2.75) is 30.3 Å². The molecule has 2 aromatic carbocycles. The monoisotopic (exact) mass is 448 g/mol. The lowest BCUT2D eigenvalue weighted by Gasteiger charge is -2.15.